The number of aromatic amines is 1. The van der Waals surface area contributed by atoms with Crippen LogP contribution in [0.15, 0.2) is 30.6 Å². The van der Waals surface area contributed by atoms with Gasteiger partial charge in [0.2, 0.25) is 0 Å². The number of benzene rings is 1. The molecule has 1 N–H and O–H groups in total. The third-order valence-electron chi connectivity index (χ3n) is 4.52. The van der Waals surface area contributed by atoms with Crippen molar-refractivity contribution in [3.8, 4) is 11.1 Å². The van der Waals surface area contributed by atoms with Crippen LogP contribution < -0.4 is 4.90 Å². The van der Waals surface area contributed by atoms with Crippen LogP contribution in [0.5, 0.6) is 0 Å². The highest BCUT2D eigenvalue weighted by atomic mass is 35.5. The molecule has 0 unspecified atom stereocenters. The Balaban J connectivity index is 2.00. The average Bonchev–Trinajstić information content (AvgIpc) is 3.21. The first-order chi connectivity index (χ1) is 11.1. The topological polar surface area (TPSA) is 44.8 Å². The van der Waals surface area contributed by atoms with E-state index in [1.807, 2.05) is 24.5 Å². The van der Waals surface area contributed by atoms with Crippen molar-refractivity contribution >= 4 is 39.9 Å². The minimum atomic E-state index is 0.482. The highest BCUT2D eigenvalue weighted by Crippen LogP contribution is 2.38. The molecule has 2 aromatic heterocycles. The number of hydrogen-bond acceptors (Lipinski definition) is 3. The fourth-order valence-electron chi connectivity index (χ4n) is 3.28. The third-order valence-corrected chi connectivity index (χ3v) is 5.31. The molecule has 0 amide bonds. The smallest absolute Gasteiger partial charge is 0.130 e. The van der Waals surface area contributed by atoms with Gasteiger partial charge in [0.25, 0.3) is 0 Å². The highest BCUT2D eigenvalue weighted by Gasteiger charge is 2.23. The number of fused-ring (bicyclic) bond motifs is 1. The van der Waals surface area contributed by atoms with E-state index in [1.54, 1.807) is 0 Å². The summed E-state index contributed by atoms with van der Waals surface area (Å²) in [5.74, 6) is 0.947. The van der Waals surface area contributed by atoms with E-state index in [4.69, 9.17) is 28.2 Å². The van der Waals surface area contributed by atoms with Gasteiger partial charge in [-0.25, -0.2) is 4.98 Å². The molecule has 1 aliphatic rings. The van der Waals surface area contributed by atoms with Crippen LogP contribution in [0.25, 0.3) is 22.0 Å². The Hall–Kier alpha value is -1.78. The number of anilines is 1. The van der Waals surface area contributed by atoms with Gasteiger partial charge in [-0.1, -0.05) is 29.3 Å². The summed E-state index contributed by atoms with van der Waals surface area (Å²) in [6, 6.07) is 6.39. The molecule has 23 heavy (non-hydrogen) atoms. The van der Waals surface area contributed by atoms with Gasteiger partial charge < -0.3 is 4.90 Å². The number of aromatic nitrogens is 3. The molecule has 0 saturated carbocycles. The molecule has 118 valence electrons. The maximum Gasteiger partial charge on any atom is 0.130 e. The second-order valence-corrected chi connectivity index (χ2v) is 6.74. The van der Waals surface area contributed by atoms with Gasteiger partial charge in [0.1, 0.15) is 5.82 Å². The molecule has 0 spiro atoms. The predicted octanol–water partition coefficient (Wildman–Crippen LogP) is 4.92. The summed E-state index contributed by atoms with van der Waals surface area (Å²) in [6.45, 7) is 3.25. The molecule has 4 rings (SSSR count). The maximum absolute atomic E-state index is 6.44. The molecule has 3 heterocycles. The summed E-state index contributed by atoms with van der Waals surface area (Å²) >= 11 is 12.6. The Morgan fingerprint density at radius 2 is 2.17 bits per heavy atom. The second kappa shape index (κ2) is 5.69. The Kier molecular flexibility index (Phi) is 3.66. The lowest BCUT2D eigenvalue weighted by Crippen LogP contribution is -2.27. The molecule has 3 aromatic rings. The molecular weight excluding hydrogens is 331 g/mol. The van der Waals surface area contributed by atoms with E-state index in [-0.39, 0.29) is 0 Å². The fourth-order valence-corrected chi connectivity index (χ4v) is 3.64. The van der Waals surface area contributed by atoms with Crippen LogP contribution in [0.1, 0.15) is 19.8 Å². The molecule has 1 saturated heterocycles. The van der Waals surface area contributed by atoms with Crippen LogP contribution >= 0.6 is 23.2 Å². The van der Waals surface area contributed by atoms with E-state index in [1.165, 1.54) is 12.8 Å². The quantitative estimate of drug-likeness (QED) is 0.716. The van der Waals surface area contributed by atoms with Gasteiger partial charge in [-0.05, 0) is 37.5 Å². The van der Waals surface area contributed by atoms with Gasteiger partial charge in [0, 0.05) is 29.7 Å². The van der Waals surface area contributed by atoms with Crippen LogP contribution in [0.3, 0.4) is 0 Å². The summed E-state index contributed by atoms with van der Waals surface area (Å²) in [7, 11) is 0. The Bertz CT molecular complexity index is 861. The van der Waals surface area contributed by atoms with Gasteiger partial charge >= 0.3 is 0 Å². The normalized spacial score (nSPS) is 18.0. The molecule has 1 fully saturated rings. The molecular formula is C17H16Cl2N4. The number of rotatable bonds is 2. The summed E-state index contributed by atoms with van der Waals surface area (Å²) in [5.41, 5.74) is 2.83. The van der Waals surface area contributed by atoms with Crippen molar-refractivity contribution in [2.75, 3.05) is 11.4 Å². The van der Waals surface area contributed by atoms with Crippen LogP contribution in [0, 0.1) is 0 Å². The standard InChI is InChI=1S/C17H16Cl2N4/c1-10-3-2-6-23(10)15-7-13(11-8-20-21-9-11)12-4-5-14(18)16(19)17(12)22-15/h4-5,7-10H,2-3,6H2,1H3,(H,20,21)/t10-/m1/s1. The SMILES string of the molecule is C[C@@H]1CCCN1c1cc(-c2cn[nH]c2)c2ccc(Cl)c(Cl)c2n1. The molecule has 0 radical (unpaired) electrons. The van der Waals surface area contributed by atoms with Crippen molar-refractivity contribution in [3.05, 3.63) is 40.6 Å². The fraction of sp³-hybridized carbons (Fsp3) is 0.294. The summed E-state index contributed by atoms with van der Waals surface area (Å²) in [4.78, 5) is 7.15. The lowest BCUT2D eigenvalue weighted by molar-refractivity contribution is 0.728. The van der Waals surface area contributed by atoms with Gasteiger partial charge in [-0.2, -0.15) is 5.10 Å². The zero-order chi connectivity index (χ0) is 16.0. The molecule has 6 heteroatoms. The van der Waals surface area contributed by atoms with Crippen molar-refractivity contribution in [2.24, 2.45) is 0 Å². The van der Waals surface area contributed by atoms with Gasteiger partial charge in [-0.3, -0.25) is 5.10 Å². The van der Waals surface area contributed by atoms with Gasteiger partial charge in [-0.15, -0.1) is 0 Å². The number of nitrogens with one attached hydrogen (secondary N) is 1. The van der Waals surface area contributed by atoms with Gasteiger partial charge in [0.05, 0.1) is 21.8 Å². The monoisotopic (exact) mass is 346 g/mol. The molecule has 1 aliphatic heterocycles. The first-order valence-corrected chi connectivity index (χ1v) is 8.45. The third kappa shape index (κ3) is 2.46. The molecule has 4 nitrogen and oxygen atoms in total. The van der Waals surface area contributed by atoms with E-state index in [2.05, 4.69) is 28.1 Å². The van der Waals surface area contributed by atoms with Crippen LogP contribution in [-0.2, 0) is 0 Å². The van der Waals surface area contributed by atoms with E-state index < -0.39 is 0 Å². The average molecular weight is 347 g/mol. The van der Waals surface area contributed by atoms with E-state index >= 15 is 0 Å². The van der Waals surface area contributed by atoms with Crippen molar-refractivity contribution in [1.82, 2.24) is 15.2 Å². The zero-order valence-corrected chi connectivity index (χ0v) is 14.2. The number of H-pyrrole nitrogens is 1. The number of nitrogens with zero attached hydrogens (tertiary/aromatic N) is 3. The lowest BCUT2D eigenvalue weighted by atomic mass is 10.0. The maximum atomic E-state index is 6.44. The highest BCUT2D eigenvalue weighted by molar-refractivity contribution is 6.45. The van der Waals surface area contributed by atoms with E-state index in [9.17, 15) is 0 Å². The Labute approximate surface area is 144 Å². The van der Waals surface area contributed by atoms with E-state index in [0.29, 0.717) is 16.1 Å². The van der Waals surface area contributed by atoms with Crippen molar-refractivity contribution in [1.29, 1.82) is 0 Å². The number of pyridine rings is 1. The first-order valence-electron chi connectivity index (χ1n) is 7.69. The second-order valence-electron chi connectivity index (χ2n) is 5.96. The minimum Gasteiger partial charge on any atom is -0.354 e. The van der Waals surface area contributed by atoms with Crippen molar-refractivity contribution in [2.45, 2.75) is 25.8 Å². The zero-order valence-electron chi connectivity index (χ0n) is 12.7. The van der Waals surface area contributed by atoms with Gasteiger partial charge in [0.15, 0.2) is 0 Å². The van der Waals surface area contributed by atoms with E-state index in [0.717, 1.165) is 34.4 Å². The first kappa shape index (κ1) is 14.8. The summed E-state index contributed by atoms with van der Waals surface area (Å²) < 4.78 is 0. The largest absolute Gasteiger partial charge is 0.354 e. The van der Waals surface area contributed by atoms with Crippen LogP contribution in [0.4, 0.5) is 5.82 Å². The van der Waals surface area contributed by atoms with Crippen LogP contribution in [0.2, 0.25) is 10.0 Å². The molecule has 1 atom stereocenters. The lowest BCUT2D eigenvalue weighted by Gasteiger charge is -2.24. The van der Waals surface area contributed by atoms with Crippen molar-refractivity contribution in [3.63, 3.8) is 0 Å². The Morgan fingerprint density at radius 1 is 1.30 bits per heavy atom. The Morgan fingerprint density at radius 3 is 2.87 bits per heavy atom. The minimum absolute atomic E-state index is 0.482. The van der Waals surface area contributed by atoms with Crippen molar-refractivity contribution < 1.29 is 0 Å². The molecule has 1 aromatic carbocycles. The predicted molar refractivity (Wildman–Crippen MR) is 95.4 cm³/mol. The summed E-state index contributed by atoms with van der Waals surface area (Å²) in [5, 5.41) is 8.95. The number of halogens is 2. The molecule has 0 aliphatic carbocycles. The van der Waals surface area contributed by atoms with Crippen LogP contribution in [-0.4, -0.2) is 27.8 Å². The molecule has 0 bridgehead atoms. The summed E-state index contributed by atoms with van der Waals surface area (Å²) in [6.07, 6.45) is 6.07. The number of hydrogen-bond donors (Lipinski definition) is 1.